The standard InChI is InChI=1S/C13H12ClNO2S/c1-18(16,17)13-8-6-12(7-9-13)15-11-4-2-10(14)3-5-11/h2-9,15H,1H3. The fraction of sp³-hybridized carbons (Fsp3) is 0.0769. The van der Waals surface area contributed by atoms with Crippen LogP contribution in [0.15, 0.2) is 53.4 Å². The Morgan fingerprint density at radius 2 is 1.33 bits per heavy atom. The third kappa shape index (κ3) is 3.24. The van der Waals surface area contributed by atoms with Crippen molar-refractivity contribution in [1.29, 1.82) is 0 Å². The highest BCUT2D eigenvalue weighted by atomic mass is 35.5. The molecule has 0 aliphatic carbocycles. The fourth-order valence-corrected chi connectivity index (χ4v) is 2.24. The van der Waals surface area contributed by atoms with Crippen molar-refractivity contribution in [3.8, 4) is 0 Å². The van der Waals surface area contributed by atoms with Crippen LogP contribution in [0, 0.1) is 0 Å². The molecule has 0 bridgehead atoms. The maximum Gasteiger partial charge on any atom is 0.175 e. The first-order valence-corrected chi connectivity index (χ1v) is 7.55. The molecule has 1 N–H and O–H groups in total. The van der Waals surface area contributed by atoms with Crippen LogP contribution in [0.3, 0.4) is 0 Å². The number of sulfone groups is 1. The smallest absolute Gasteiger partial charge is 0.175 e. The summed E-state index contributed by atoms with van der Waals surface area (Å²) in [7, 11) is -3.14. The molecular weight excluding hydrogens is 270 g/mol. The number of nitrogens with one attached hydrogen (secondary N) is 1. The molecule has 0 aliphatic rings. The molecule has 0 spiro atoms. The van der Waals surface area contributed by atoms with Crippen LogP contribution in [0.25, 0.3) is 0 Å². The molecule has 0 heterocycles. The van der Waals surface area contributed by atoms with E-state index in [1.165, 1.54) is 6.26 Å². The first-order chi connectivity index (χ1) is 8.45. The Morgan fingerprint density at radius 1 is 0.889 bits per heavy atom. The van der Waals surface area contributed by atoms with Crippen molar-refractivity contribution in [3.63, 3.8) is 0 Å². The van der Waals surface area contributed by atoms with Crippen molar-refractivity contribution in [1.82, 2.24) is 0 Å². The predicted octanol–water partition coefficient (Wildman–Crippen LogP) is 3.49. The van der Waals surface area contributed by atoms with E-state index in [1.54, 1.807) is 36.4 Å². The van der Waals surface area contributed by atoms with E-state index in [4.69, 9.17) is 11.6 Å². The lowest BCUT2D eigenvalue weighted by Gasteiger charge is -2.07. The maximum absolute atomic E-state index is 11.3. The zero-order valence-corrected chi connectivity index (χ0v) is 11.3. The van der Waals surface area contributed by atoms with Crippen molar-refractivity contribution in [2.75, 3.05) is 11.6 Å². The number of hydrogen-bond donors (Lipinski definition) is 1. The van der Waals surface area contributed by atoms with Crippen LogP contribution in [0.1, 0.15) is 0 Å². The molecule has 94 valence electrons. The molecule has 18 heavy (non-hydrogen) atoms. The molecule has 0 saturated heterocycles. The summed E-state index contributed by atoms with van der Waals surface area (Å²) in [4.78, 5) is 0.309. The highest BCUT2D eigenvalue weighted by Gasteiger charge is 2.05. The third-order valence-corrected chi connectivity index (χ3v) is 3.80. The molecule has 2 rings (SSSR count). The van der Waals surface area contributed by atoms with E-state index in [1.807, 2.05) is 12.1 Å². The second-order valence-corrected chi connectivity index (χ2v) is 6.38. The van der Waals surface area contributed by atoms with Gasteiger partial charge >= 0.3 is 0 Å². The fourth-order valence-electron chi connectivity index (χ4n) is 1.49. The molecule has 0 amide bonds. The van der Waals surface area contributed by atoms with Crippen LogP contribution in [0.5, 0.6) is 0 Å². The summed E-state index contributed by atoms with van der Waals surface area (Å²) in [5, 5.41) is 3.83. The van der Waals surface area contributed by atoms with E-state index in [0.717, 1.165) is 11.4 Å². The lowest BCUT2D eigenvalue weighted by molar-refractivity contribution is 0.602. The normalized spacial score (nSPS) is 11.2. The number of rotatable bonds is 3. The molecule has 2 aromatic rings. The van der Waals surface area contributed by atoms with Gasteiger partial charge in [0.15, 0.2) is 9.84 Å². The zero-order chi connectivity index (χ0) is 13.2. The van der Waals surface area contributed by atoms with Crippen molar-refractivity contribution < 1.29 is 8.42 Å². The van der Waals surface area contributed by atoms with Gasteiger partial charge in [-0.05, 0) is 48.5 Å². The Labute approximate surface area is 111 Å². The second-order valence-electron chi connectivity index (χ2n) is 3.93. The molecule has 0 aromatic heterocycles. The number of halogens is 1. The van der Waals surface area contributed by atoms with E-state index in [0.29, 0.717) is 9.92 Å². The molecule has 0 saturated carbocycles. The van der Waals surface area contributed by atoms with Gasteiger partial charge in [-0.15, -0.1) is 0 Å². The molecule has 0 unspecified atom stereocenters. The molecule has 0 aliphatic heterocycles. The molecule has 0 fully saturated rings. The van der Waals surface area contributed by atoms with Crippen LogP contribution in [-0.2, 0) is 9.84 Å². The molecule has 3 nitrogen and oxygen atoms in total. The van der Waals surface area contributed by atoms with Crippen LogP contribution >= 0.6 is 11.6 Å². The average Bonchev–Trinajstić information content (AvgIpc) is 2.32. The average molecular weight is 282 g/mol. The first kappa shape index (κ1) is 12.9. The Morgan fingerprint density at radius 3 is 1.78 bits per heavy atom. The van der Waals surface area contributed by atoms with Crippen molar-refractivity contribution in [2.45, 2.75) is 4.90 Å². The molecular formula is C13H12ClNO2S. The Bertz CT molecular complexity index is 634. The van der Waals surface area contributed by atoms with Crippen LogP contribution < -0.4 is 5.32 Å². The number of anilines is 2. The number of benzene rings is 2. The molecule has 0 radical (unpaired) electrons. The van der Waals surface area contributed by atoms with Gasteiger partial charge in [-0.2, -0.15) is 0 Å². The van der Waals surface area contributed by atoms with E-state index >= 15 is 0 Å². The van der Waals surface area contributed by atoms with Gasteiger partial charge in [0.1, 0.15) is 0 Å². The lowest BCUT2D eigenvalue weighted by atomic mass is 10.3. The van der Waals surface area contributed by atoms with Gasteiger partial charge in [0.05, 0.1) is 4.90 Å². The van der Waals surface area contributed by atoms with E-state index in [9.17, 15) is 8.42 Å². The SMILES string of the molecule is CS(=O)(=O)c1ccc(Nc2ccc(Cl)cc2)cc1. The largest absolute Gasteiger partial charge is 0.356 e. The Kier molecular flexibility index (Phi) is 3.59. The lowest BCUT2D eigenvalue weighted by Crippen LogP contribution is -1.97. The molecule has 5 heteroatoms. The van der Waals surface area contributed by atoms with Gasteiger partial charge in [0.2, 0.25) is 0 Å². The van der Waals surface area contributed by atoms with Crippen molar-refractivity contribution >= 4 is 32.8 Å². The van der Waals surface area contributed by atoms with E-state index < -0.39 is 9.84 Å². The van der Waals surface area contributed by atoms with E-state index in [2.05, 4.69) is 5.32 Å². The summed E-state index contributed by atoms with van der Waals surface area (Å²) in [5.74, 6) is 0. The first-order valence-electron chi connectivity index (χ1n) is 5.28. The van der Waals surface area contributed by atoms with Gasteiger partial charge in [-0.1, -0.05) is 11.6 Å². The third-order valence-electron chi connectivity index (χ3n) is 2.42. The van der Waals surface area contributed by atoms with Crippen molar-refractivity contribution in [2.24, 2.45) is 0 Å². The minimum atomic E-state index is -3.14. The van der Waals surface area contributed by atoms with Gasteiger partial charge in [-0.25, -0.2) is 8.42 Å². The summed E-state index contributed by atoms with van der Waals surface area (Å²) in [6, 6.07) is 13.9. The minimum absolute atomic E-state index is 0.309. The van der Waals surface area contributed by atoms with Crippen LogP contribution in [-0.4, -0.2) is 14.7 Å². The summed E-state index contributed by atoms with van der Waals surface area (Å²) in [6.07, 6.45) is 1.19. The molecule has 0 atom stereocenters. The summed E-state index contributed by atoms with van der Waals surface area (Å²) >= 11 is 5.79. The van der Waals surface area contributed by atoms with Crippen LogP contribution in [0.4, 0.5) is 11.4 Å². The Balaban J connectivity index is 2.18. The predicted molar refractivity (Wildman–Crippen MR) is 74.3 cm³/mol. The van der Waals surface area contributed by atoms with E-state index in [-0.39, 0.29) is 0 Å². The zero-order valence-electron chi connectivity index (χ0n) is 9.72. The van der Waals surface area contributed by atoms with Gasteiger partial charge < -0.3 is 5.32 Å². The van der Waals surface area contributed by atoms with Crippen LogP contribution in [0.2, 0.25) is 5.02 Å². The summed E-state index contributed by atoms with van der Waals surface area (Å²) in [5.41, 5.74) is 1.72. The highest BCUT2D eigenvalue weighted by molar-refractivity contribution is 7.90. The highest BCUT2D eigenvalue weighted by Crippen LogP contribution is 2.20. The Hall–Kier alpha value is -1.52. The maximum atomic E-state index is 11.3. The summed E-state index contributed by atoms with van der Waals surface area (Å²) < 4.78 is 22.6. The summed E-state index contributed by atoms with van der Waals surface area (Å²) in [6.45, 7) is 0. The minimum Gasteiger partial charge on any atom is -0.356 e. The monoisotopic (exact) mass is 281 g/mol. The second kappa shape index (κ2) is 5.00. The van der Waals surface area contributed by atoms with Gasteiger partial charge in [-0.3, -0.25) is 0 Å². The number of hydrogen-bond acceptors (Lipinski definition) is 3. The van der Waals surface area contributed by atoms with Crippen molar-refractivity contribution in [3.05, 3.63) is 53.6 Å². The quantitative estimate of drug-likeness (QED) is 0.937. The van der Waals surface area contributed by atoms with Gasteiger partial charge in [0, 0.05) is 22.7 Å². The topological polar surface area (TPSA) is 46.2 Å². The molecule has 2 aromatic carbocycles. The van der Waals surface area contributed by atoms with Gasteiger partial charge in [0.25, 0.3) is 0 Å².